The molecule has 1 saturated heterocycles. The molecule has 0 radical (unpaired) electrons. The minimum atomic E-state index is -3.25. The third kappa shape index (κ3) is 3.25. The van der Waals surface area contributed by atoms with Crippen LogP contribution in [0.2, 0.25) is 0 Å². The van der Waals surface area contributed by atoms with Crippen LogP contribution in [0.1, 0.15) is 24.8 Å². The van der Waals surface area contributed by atoms with E-state index in [0.717, 1.165) is 24.8 Å². The molecule has 1 fully saturated rings. The number of hydrogen-bond donors (Lipinski definition) is 0. The van der Waals surface area contributed by atoms with Gasteiger partial charge in [-0.3, -0.25) is 0 Å². The van der Waals surface area contributed by atoms with Crippen molar-refractivity contribution in [2.75, 3.05) is 12.4 Å². The van der Waals surface area contributed by atoms with E-state index in [-0.39, 0.29) is 11.8 Å². The first-order valence-corrected chi connectivity index (χ1v) is 8.37. The molecule has 2 rings (SSSR count). The molecule has 1 unspecified atom stereocenters. The van der Waals surface area contributed by atoms with Gasteiger partial charge in [-0.25, -0.2) is 8.42 Å². The van der Waals surface area contributed by atoms with Crippen LogP contribution in [0.5, 0.6) is 0 Å². The maximum Gasteiger partial charge on any atom is 0.218 e. The number of benzene rings is 1. The van der Waals surface area contributed by atoms with Gasteiger partial charge >= 0.3 is 0 Å². The van der Waals surface area contributed by atoms with Crippen LogP contribution in [-0.4, -0.2) is 31.2 Å². The van der Waals surface area contributed by atoms with Gasteiger partial charge in [0.05, 0.1) is 5.75 Å². The van der Waals surface area contributed by atoms with Crippen LogP contribution >= 0.6 is 11.6 Å². The lowest BCUT2D eigenvalue weighted by atomic mass is 10.1. The molecular weight excluding hydrogens is 270 g/mol. The summed E-state index contributed by atoms with van der Waals surface area (Å²) in [5.41, 5.74) is 0.830. The van der Waals surface area contributed by atoms with Gasteiger partial charge in [-0.2, -0.15) is 4.31 Å². The van der Waals surface area contributed by atoms with Crippen LogP contribution in [0.15, 0.2) is 30.3 Å². The maximum absolute atomic E-state index is 12.4. The zero-order valence-corrected chi connectivity index (χ0v) is 11.8. The molecule has 0 N–H and O–H groups in total. The van der Waals surface area contributed by atoms with Gasteiger partial charge in [-0.1, -0.05) is 36.8 Å². The van der Waals surface area contributed by atoms with Crippen LogP contribution in [0, 0.1) is 0 Å². The van der Waals surface area contributed by atoms with Crippen molar-refractivity contribution in [1.82, 2.24) is 4.31 Å². The Labute approximate surface area is 114 Å². The third-order valence-corrected chi connectivity index (χ3v) is 5.55. The van der Waals surface area contributed by atoms with Crippen molar-refractivity contribution >= 4 is 21.6 Å². The molecule has 1 aliphatic heterocycles. The second-order valence-corrected chi connectivity index (χ2v) is 6.89. The minimum absolute atomic E-state index is 0.0332. The Kier molecular flexibility index (Phi) is 4.65. The molecule has 3 nitrogen and oxygen atoms in total. The Morgan fingerprint density at radius 2 is 1.94 bits per heavy atom. The van der Waals surface area contributed by atoms with Gasteiger partial charge < -0.3 is 0 Å². The molecular formula is C13H18ClNO2S. The predicted octanol–water partition coefficient (Wildman–Crippen LogP) is 2.61. The lowest BCUT2D eigenvalue weighted by Crippen LogP contribution is -2.45. The summed E-state index contributed by atoms with van der Waals surface area (Å²) in [4.78, 5) is 0. The van der Waals surface area contributed by atoms with Crippen LogP contribution in [0.25, 0.3) is 0 Å². The smallest absolute Gasteiger partial charge is 0.212 e. The first-order chi connectivity index (χ1) is 8.63. The molecule has 0 aromatic heterocycles. The normalized spacial score (nSPS) is 21.9. The number of rotatable bonds is 4. The summed E-state index contributed by atoms with van der Waals surface area (Å²) >= 11 is 5.88. The molecule has 1 aliphatic rings. The van der Waals surface area contributed by atoms with Crippen LogP contribution in [0.3, 0.4) is 0 Å². The Hall–Kier alpha value is -0.580. The van der Waals surface area contributed by atoms with Crippen molar-refractivity contribution in [2.24, 2.45) is 0 Å². The first-order valence-electron chi connectivity index (χ1n) is 6.23. The van der Waals surface area contributed by atoms with Crippen molar-refractivity contribution in [2.45, 2.75) is 31.1 Å². The van der Waals surface area contributed by atoms with Crippen molar-refractivity contribution in [3.8, 4) is 0 Å². The molecule has 0 aliphatic carbocycles. The largest absolute Gasteiger partial charge is 0.218 e. The maximum atomic E-state index is 12.4. The summed E-state index contributed by atoms with van der Waals surface area (Å²) in [7, 11) is -3.25. The van der Waals surface area contributed by atoms with Crippen molar-refractivity contribution in [1.29, 1.82) is 0 Å². The summed E-state index contributed by atoms with van der Waals surface area (Å²) in [6, 6.07) is 9.27. The molecule has 5 heteroatoms. The summed E-state index contributed by atoms with van der Waals surface area (Å²) in [6.45, 7) is 0.604. The number of hydrogen-bond acceptors (Lipinski definition) is 2. The SMILES string of the molecule is O=S(=O)(Cc1ccccc1)N1CCCCC1CCl. The Morgan fingerprint density at radius 1 is 1.22 bits per heavy atom. The summed E-state index contributed by atoms with van der Waals surface area (Å²) in [5.74, 6) is 0.454. The standard InChI is InChI=1S/C13H18ClNO2S/c14-10-13-8-4-5-9-15(13)18(16,17)11-12-6-2-1-3-7-12/h1-3,6-7,13H,4-5,8-11H2. The summed E-state index contributed by atoms with van der Waals surface area (Å²) in [6.07, 6.45) is 2.87. The quantitative estimate of drug-likeness (QED) is 0.798. The van der Waals surface area contributed by atoms with E-state index in [9.17, 15) is 8.42 Å². The van der Waals surface area contributed by atoms with E-state index in [4.69, 9.17) is 11.6 Å². The van der Waals surface area contributed by atoms with Gasteiger partial charge in [-0.15, -0.1) is 11.6 Å². The minimum Gasteiger partial charge on any atom is -0.212 e. The van der Waals surface area contributed by atoms with E-state index in [1.165, 1.54) is 0 Å². The van der Waals surface area contributed by atoms with E-state index in [0.29, 0.717) is 12.4 Å². The molecule has 1 heterocycles. The molecule has 0 saturated carbocycles. The molecule has 1 atom stereocenters. The molecule has 1 aromatic rings. The lowest BCUT2D eigenvalue weighted by Gasteiger charge is -2.33. The molecule has 18 heavy (non-hydrogen) atoms. The van der Waals surface area contributed by atoms with Gasteiger partial charge in [-0.05, 0) is 18.4 Å². The number of halogens is 1. The fraction of sp³-hybridized carbons (Fsp3) is 0.538. The van der Waals surface area contributed by atoms with Crippen molar-refractivity contribution < 1.29 is 8.42 Å². The third-order valence-electron chi connectivity index (χ3n) is 3.30. The van der Waals surface area contributed by atoms with Crippen molar-refractivity contribution in [3.63, 3.8) is 0 Å². The van der Waals surface area contributed by atoms with Gasteiger partial charge in [0, 0.05) is 18.5 Å². The molecule has 1 aromatic carbocycles. The highest BCUT2D eigenvalue weighted by Crippen LogP contribution is 2.23. The van der Waals surface area contributed by atoms with Gasteiger partial charge in [0.2, 0.25) is 10.0 Å². The second kappa shape index (κ2) is 6.04. The van der Waals surface area contributed by atoms with Gasteiger partial charge in [0.1, 0.15) is 0 Å². The number of alkyl halides is 1. The topological polar surface area (TPSA) is 37.4 Å². The average Bonchev–Trinajstić information content (AvgIpc) is 2.39. The fourth-order valence-electron chi connectivity index (χ4n) is 2.36. The van der Waals surface area contributed by atoms with E-state index < -0.39 is 10.0 Å². The molecule has 0 bridgehead atoms. The molecule has 0 amide bonds. The predicted molar refractivity (Wildman–Crippen MR) is 74.1 cm³/mol. The summed E-state index contributed by atoms with van der Waals surface area (Å²) in [5, 5.41) is 0. The monoisotopic (exact) mass is 287 g/mol. The Bertz CT molecular complexity index is 475. The number of nitrogens with zero attached hydrogens (tertiary/aromatic N) is 1. The summed E-state index contributed by atoms with van der Waals surface area (Å²) < 4.78 is 26.4. The zero-order valence-electron chi connectivity index (χ0n) is 10.3. The highest BCUT2D eigenvalue weighted by molar-refractivity contribution is 7.88. The van der Waals surface area contributed by atoms with Crippen LogP contribution in [-0.2, 0) is 15.8 Å². The number of sulfonamides is 1. The lowest BCUT2D eigenvalue weighted by molar-refractivity contribution is 0.271. The van der Waals surface area contributed by atoms with Gasteiger partial charge in [0.25, 0.3) is 0 Å². The fourth-order valence-corrected chi connectivity index (χ4v) is 4.59. The van der Waals surface area contributed by atoms with E-state index in [1.54, 1.807) is 4.31 Å². The average molecular weight is 288 g/mol. The first kappa shape index (κ1) is 13.8. The molecule has 100 valence electrons. The Balaban J connectivity index is 2.14. The van der Waals surface area contributed by atoms with E-state index in [2.05, 4.69) is 0 Å². The van der Waals surface area contributed by atoms with Crippen molar-refractivity contribution in [3.05, 3.63) is 35.9 Å². The van der Waals surface area contributed by atoms with Crippen LogP contribution in [0.4, 0.5) is 0 Å². The van der Waals surface area contributed by atoms with E-state index in [1.807, 2.05) is 30.3 Å². The van der Waals surface area contributed by atoms with E-state index >= 15 is 0 Å². The van der Waals surface area contributed by atoms with Gasteiger partial charge in [0.15, 0.2) is 0 Å². The molecule has 0 spiro atoms. The van der Waals surface area contributed by atoms with Crippen LogP contribution < -0.4 is 0 Å². The highest BCUT2D eigenvalue weighted by Gasteiger charge is 2.31. The number of piperidine rings is 1. The highest BCUT2D eigenvalue weighted by atomic mass is 35.5. The second-order valence-electron chi connectivity index (χ2n) is 4.66. The Morgan fingerprint density at radius 3 is 2.61 bits per heavy atom. The zero-order chi connectivity index (χ0) is 13.0.